The van der Waals surface area contributed by atoms with E-state index in [1.807, 2.05) is 6.92 Å². The first kappa shape index (κ1) is 17.5. The summed E-state index contributed by atoms with van der Waals surface area (Å²) in [5.74, 6) is -0.0862. The molecule has 4 nitrogen and oxygen atoms in total. The average Bonchev–Trinajstić information content (AvgIpc) is 3.16. The fraction of sp³-hybridized carbons (Fsp3) is 0.429. The van der Waals surface area contributed by atoms with Gasteiger partial charge in [0.05, 0.1) is 5.56 Å². The van der Waals surface area contributed by atoms with Gasteiger partial charge in [-0.3, -0.25) is 9.59 Å². The molecule has 25 heavy (non-hydrogen) atoms. The first-order valence-electron chi connectivity index (χ1n) is 9.05. The monoisotopic (exact) mass is 338 g/mol. The molecule has 0 unspecified atom stereocenters. The van der Waals surface area contributed by atoms with Crippen LogP contribution >= 0.6 is 0 Å². The normalized spacial score (nSPS) is 15.3. The molecule has 1 amide bonds. The van der Waals surface area contributed by atoms with Gasteiger partial charge in [0.2, 0.25) is 0 Å². The van der Waals surface area contributed by atoms with Crippen LogP contribution in [0.15, 0.2) is 30.4 Å². The third-order valence-electron chi connectivity index (χ3n) is 5.05. The van der Waals surface area contributed by atoms with E-state index in [-0.39, 0.29) is 11.7 Å². The molecule has 1 aromatic heterocycles. The molecule has 0 radical (unpaired) electrons. The molecule has 2 aromatic rings. The average molecular weight is 338 g/mol. The van der Waals surface area contributed by atoms with Crippen LogP contribution in [0.5, 0.6) is 0 Å². The maximum Gasteiger partial charge on any atom is 0.253 e. The van der Waals surface area contributed by atoms with Gasteiger partial charge in [-0.25, -0.2) is 0 Å². The Morgan fingerprint density at radius 2 is 1.96 bits per heavy atom. The fourth-order valence-corrected chi connectivity index (χ4v) is 3.94. The molecular weight excluding hydrogens is 312 g/mol. The Hall–Kier alpha value is -2.36. The minimum Gasteiger partial charge on any atom is -0.348 e. The number of carbonyl (C=O) groups is 2. The number of hydrogen-bond acceptors (Lipinski definition) is 2. The molecule has 1 heterocycles. The summed E-state index contributed by atoms with van der Waals surface area (Å²) in [4.78, 5) is 23.8. The van der Waals surface area contributed by atoms with Crippen molar-refractivity contribution in [1.29, 1.82) is 0 Å². The van der Waals surface area contributed by atoms with Crippen LogP contribution in [0, 0.1) is 13.8 Å². The number of amides is 1. The van der Waals surface area contributed by atoms with Gasteiger partial charge < -0.3 is 9.88 Å². The molecule has 3 rings (SSSR count). The van der Waals surface area contributed by atoms with Crippen molar-refractivity contribution in [3.8, 4) is 0 Å². The summed E-state index contributed by atoms with van der Waals surface area (Å²) in [6.45, 7) is 5.97. The van der Waals surface area contributed by atoms with E-state index in [9.17, 15) is 9.59 Å². The Bertz CT molecular complexity index is 839. The predicted octanol–water partition coefficient (Wildman–Crippen LogP) is 4.25. The summed E-state index contributed by atoms with van der Waals surface area (Å²) >= 11 is 0. The molecule has 0 spiro atoms. The molecule has 0 bridgehead atoms. The van der Waals surface area contributed by atoms with Crippen molar-refractivity contribution in [2.75, 3.05) is 6.54 Å². The van der Waals surface area contributed by atoms with E-state index in [0.717, 1.165) is 27.7 Å². The zero-order valence-corrected chi connectivity index (χ0v) is 15.3. The predicted molar refractivity (Wildman–Crippen MR) is 101 cm³/mol. The highest BCUT2D eigenvalue weighted by molar-refractivity contribution is 6.08. The van der Waals surface area contributed by atoms with E-state index < -0.39 is 0 Å². The lowest BCUT2D eigenvalue weighted by Gasteiger charge is -2.16. The fourth-order valence-electron chi connectivity index (χ4n) is 3.94. The topological polar surface area (TPSA) is 51.1 Å². The Balaban J connectivity index is 1.98. The number of nitrogens with one attached hydrogen (secondary N) is 1. The first-order chi connectivity index (χ1) is 12.0. The second kappa shape index (κ2) is 7.26. The van der Waals surface area contributed by atoms with E-state index >= 15 is 0 Å². The van der Waals surface area contributed by atoms with E-state index in [4.69, 9.17) is 0 Å². The van der Waals surface area contributed by atoms with Crippen LogP contribution in [-0.2, 0) is 4.79 Å². The van der Waals surface area contributed by atoms with Crippen molar-refractivity contribution >= 4 is 22.6 Å². The van der Waals surface area contributed by atoms with Crippen LogP contribution in [0.2, 0.25) is 0 Å². The molecule has 1 fully saturated rings. The highest BCUT2D eigenvalue weighted by atomic mass is 16.1. The van der Waals surface area contributed by atoms with Crippen molar-refractivity contribution in [2.24, 2.45) is 0 Å². The molecule has 1 aliphatic carbocycles. The maximum absolute atomic E-state index is 12.8. The SMILES string of the molecule is CC(=O)/C=C/CNC(=O)c1c(C)n(C2CCCC2)c2ccc(C)cc12. The number of fused-ring (bicyclic) bond motifs is 1. The Labute approximate surface area is 148 Å². The van der Waals surface area contributed by atoms with Crippen LogP contribution in [0.25, 0.3) is 10.9 Å². The van der Waals surface area contributed by atoms with Crippen molar-refractivity contribution < 1.29 is 9.59 Å². The number of carbonyl (C=O) groups excluding carboxylic acids is 2. The molecule has 0 saturated heterocycles. The van der Waals surface area contributed by atoms with Crippen molar-refractivity contribution in [3.05, 3.63) is 47.2 Å². The summed E-state index contributed by atoms with van der Waals surface area (Å²) in [6, 6.07) is 6.85. The molecule has 1 aromatic carbocycles. The zero-order chi connectivity index (χ0) is 18.0. The smallest absolute Gasteiger partial charge is 0.253 e. The minimum absolute atomic E-state index is 0.0149. The third-order valence-corrected chi connectivity index (χ3v) is 5.05. The third kappa shape index (κ3) is 3.53. The number of aromatic nitrogens is 1. The van der Waals surface area contributed by atoms with Crippen LogP contribution in [0.4, 0.5) is 0 Å². The number of ketones is 1. The van der Waals surface area contributed by atoms with Gasteiger partial charge in [0.25, 0.3) is 5.91 Å². The Kier molecular flexibility index (Phi) is 5.07. The molecule has 0 atom stereocenters. The molecule has 1 N–H and O–H groups in total. The van der Waals surface area contributed by atoms with Crippen LogP contribution < -0.4 is 5.32 Å². The summed E-state index contributed by atoms with van der Waals surface area (Å²) in [5.41, 5.74) is 4.11. The summed E-state index contributed by atoms with van der Waals surface area (Å²) < 4.78 is 2.36. The molecular formula is C21H26N2O2. The van der Waals surface area contributed by atoms with Gasteiger partial charge in [0, 0.05) is 29.2 Å². The molecule has 4 heteroatoms. The molecule has 132 valence electrons. The Morgan fingerprint density at radius 3 is 2.64 bits per heavy atom. The van der Waals surface area contributed by atoms with Crippen molar-refractivity contribution in [3.63, 3.8) is 0 Å². The van der Waals surface area contributed by atoms with E-state index in [2.05, 4.69) is 35.0 Å². The lowest BCUT2D eigenvalue weighted by atomic mass is 10.1. The maximum atomic E-state index is 12.8. The second-order valence-corrected chi connectivity index (χ2v) is 7.01. The van der Waals surface area contributed by atoms with Gasteiger partial charge >= 0.3 is 0 Å². The number of allylic oxidation sites excluding steroid dienone is 1. The number of rotatable bonds is 5. The summed E-state index contributed by atoms with van der Waals surface area (Å²) in [7, 11) is 0. The molecule has 0 aliphatic heterocycles. The van der Waals surface area contributed by atoms with E-state index in [0.29, 0.717) is 12.6 Å². The van der Waals surface area contributed by atoms with Gasteiger partial charge in [0.1, 0.15) is 0 Å². The van der Waals surface area contributed by atoms with Gasteiger partial charge in [-0.15, -0.1) is 0 Å². The largest absolute Gasteiger partial charge is 0.348 e. The lowest BCUT2D eigenvalue weighted by molar-refractivity contribution is -0.112. The first-order valence-corrected chi connectivity index (χ1v) is 9.05. The minimum atomic E-state index is -0.0713. The summed E-state index contributed by atoms with van der Waals surface area (Å²) in [5, 5.41) is 3.94. The molecule has 1 saturated carbocycles. The van der Waals surface area contributed by atoms with E-state index in [1.165, 1.54) is 38.7 Å². The number of benzene rings is 1. The van der Waals surface area contributed by atoms with Crippen LogP contribution in [0.3, 0.4) is 0 Å². The van der Waals surface area contributed by atoms with Crippen LogP contribution in [-0.4, -0.2) is 22.8 Å². The van der Waals surface area contributed by atoms with Gasteiger partial charge in [0.15, 0.2) is 5.78 Å². The quantitative estimate of drug-likeness (QED) is 0.829. The van der Waals surface area contributed by atoms with Gasteiger partial charge in [-0.05, 0) is 51.8 Å². The van der Waals surface area contributed by atoms with E-state index in [1.54, 1.807) is 6.08 Å². The Morgan fingerprint density at radius 1 is 1.24 bits per heavy atom. The number of aryl methyl sites for hydroxylation is 1. The van der Waals surface area contributed by atoms with Gasteiger partial charge in [-0.1, -0.05) is 30.5 Å². The lowest BCUT2D eigenvalue weighted by Crippen LogP contribution is -2.24. The number of hydrogen-bond donors (Lipinski definition) is 1. The highest BCUT2D eigenvalue weighted by Gasteiger charge is 2.25. The second-order valence-electron chi connectivity index (χ2n) is 7.01. The number of nitrogens with zero attached hydrogens (tertiary/aromatic N) is 1. The highest BCUT2D eigenvalue weighted by Crippen LogP contribution is 2.37. The zero-order valence-electron chi connectivity index (χ0n) is 15.3. The standard InChI is InChI=1S/C21H26N2O2/c1-14-10-11-19-18(13-14)20(21(25)22-12-6-7-15(2)24)16(3)23(19)17-8-4-5-9-17/h6-7,10-11,13,17H,4-5,8-9,12H2,1-3H3,(H,22,25)/b7-6+. The molecule has 1 aliphatic rings. The van der Waals surface area contributed by atoms with Crippen molar-refractivity contribution in [2.45, 2.75) is 52.5 Å². The van der Waals surface area contributed by atoms with Crippen LogP contribution in [0.1, 0.15) is 60.3 Å². The van der Waals surface area contributed by atoms with Crippen molar-refractivity contribution in [1.82, 2.24) is 9.88 Å². The van der Waals surface area contributed by atoms with Gasteiger partial charge in [-0.2, -0.15) is 0 Å². The summed E-state index contributed by atoms with van der Waals surface area (Å²) in [6.07, 6.45) is 8.05.